The molecule has 2 N–H and O–H groups in total. The number of amidine groups is 1. The highest BCUT2D eigenvalue weighted by Crippen LogP contribution is 2.41. The van der Waals surface area contributed by atoms with E-state index in [2.05, 4.69) is 20.9 Å². The largest absolute Gasteiger partial charge is 0.490 e. The highest BCUT2D eigenvalue weighted by atomic mass is 79.9. The quantitative estimate of drug-likeness (QED) is 0.885. The van der Waals surface area contributed by atoms with Crippen molar-refractivity contribution in [3.8, 4) is 11.5 Å². The maximum Gasteiger partial charge on any atom is 0.346 e. The summed E-state index contributed by atoms with van der Waals surface area (Å²) in [5, 5.41) is 0. The maximum absolute atomic E-state index is 11.8. The van der Waals surface area contributed by atoms with Crippen molar-refractivity contribution in [1.29, 1.82) is 0 Å². The first-order valence-electron chi connectivity index (χ1n) is 6.85. The van der Waals surface area contributed by atoms with Gasteiger partial charge in [0.25, 0.3) is 0 Å². The van der Waals surface area contributed by atoms with E-state index in [-0.39, 0.29) is 12.1 Å². The smallest absolute Gasteiger partial charge is 0.346 e. The minimum atomic E-state index is -0.351. The van der Waals surface area contributed by atoms with Gasteiger partial charge in [0.2, 0.25) is 0 Å². The Labute approximate surface area is 131 Å². The molecule has 1 aromatic carbocycles. The van der Waals surface area contributed by atoms with Crippen LogP contribution in [0.25, 0.3) is 0 Å². The molecule has 2 amide bonds. The Kier molecular flexibility index (Phi) is 3.75. The summed E-state index contributed by atoms with van der Waals surface area (Å²) in [5.41, 5.74) is 6.79. The van der Waals surface area contributed by atoms with Crippen molar-refractivity contribution in [1.82, 2.24) is 4.90 Å². The van der Waals surface area contributed by atoms with Crippen LogP contribution in [0.4, 0.5) is 4.79 Å². The number of hydrogen-bond donors (Lipinski definition) is 1. The third-order valence-electron chi connectivity index (χ3n) is 3.54. The number of fused-ring (bicyclic) bond motifs is 1. The molecule has 0 aromatic heterocycles. The number of likely N-dealkylation sites (N-methyl/N-ethyl adjacent to an activating group) is 1. The number of amides is 2. The number of hydrogen-bond acceptors (Lipinski definition) is 4. The summed E-state index contributed by atoms with van der Waals surface area (Å²) in [6.45, 7) is 3.67. The van der Waals surface area contributed by atoms with Crippen LogP contribution in [0.3, 0.4) is 0 Å². The molecule has 0 bridgehead atoms. The highest BCUT2D eigenvalue weighted by molar-refractivity contribution is 9.10. The Morgan fingerprint density at radius 3 is 2.95 bits per heavy atom. The van der Waals surface area contributed by atoms with Crippen LogP contribution < -0.4 is 15.2 Å². The highest BCUT2D eigenvalue weighted by Gasteiger charge is 2.34. The van der Waals surface area contributed by atoms with E-state index in [1.165, 1.54) is 0 Å². The van der Waals surface area contributed by atoms with Crippen LogP contribution in [0.15, 0.2) is 21.6 Å². The molecule has 0 spiro atoms. The van der Waals surface area contributed by atoms with Crippen molar-refractivity contribution in [2.75, 3.05) is 19.8 Å². The topological polar surface area (TPSA) is 77.2 Å². The number of nitrogens with two attached hydrogens (primary N) is 1. The van der Waals surface area contributed by atoms with Gasteiger partial charge in [-0.1, -0.05) is 0 Å². The second kappa shape index (κ2) is 5.55. The molecule has 1 aromatic rings. The van der Waals surface area contributed by atoms with E-state index in [1.54, 1.807) is 4.90 Å². The van der Waals surface area contributed by atoms with Gasteiger partial charge in [0.1, 0.15) is 11.9 Å². The standard InChI is InChI=1S/C14H16BrN3O3/c1-2-18-11(13(16)17-14(18)19)8-6-9(15)12-10(7-8)20-4-3-5-21-12/h6-7,11H,2-5H2,1H3,(H2,16,17,19). The van der Waals surface area contributed by atoms with E-state index < -0.39 is 0 Å². The number of carbonyl (C=O) groups excluding carboxylic acids is 1. The average Bonchev–Trinajstić information content (AvgIpc) is 2.63. The van der Waals surface area contributed by atoms with Crippen molar-refractivity contribution in [3.05, 3.63) is 22.2 Å². The lowest BCUT2D eigenvalue weighted by Gasteiger charge is -2.24. The van der Waals surface area contributed by atoms with Gasteiger partial charge in [-0.15, -0.1) is 0 Å². The fourth-order valence-corrected chi connectivity index (χ4v) is 3.16. The summed E-state index contributed by atoms with van der Waals surface area (Å²) in [6.07, 6.45) is 0.836. The van der Waals surface area contributed by atoms with Gasteiger partial charge in [0, 0.05) is 13.0 Å². The fourth-order valence-electron chi connectivity index (χ4n) is 2.58. The van der Waals surface area contributed by atoms with Gasteiger partial charge in [-0.25, -0.2) is 4.79 Å². The Morgan fingerprint density at radius 1 is 1.43 bits per heavy atom. The van der Waals surface area contributed by atoms with E-state index in [4.69, 9.17) is 15.2 Å². The number of urea groups is 1. The van der Waals surface area contributed by atoms with Crippen molar-refractivity contribution in [2.45, 2.75) is 19.4 Å². The molecular formula is C14H16BrN3O3. The number of halogens is 1. The predicted molar refractivity (Wildman–Crippen MR) is 81.9 cm³/mol. The van der Waals surface area contributed by atoms with Crippen LogP contribution in [-0.4, -0.2) is 36.5 Å². The summed E-state index contributed by atoms with van der Waals surface area (Å²) >= 11 is 3.50. The first kappa shape index (κ1) is 14.2. The van der Waals surface area contributed by atoms with E-state index in [9.17, 15) is 4.79 Å². The SMILES string of the molecule is CCN1C(=O)N=C(N)C1c1cc(Br)c2c(c1)OCCCO2. The van der Waals surface area contributed by atoms with E-state index in [0.717, 1.165) is 16.5 Å². The second-order valence-corrected chi connectivity index (χ2v) is 5.74. The summed E-state index contributed by atoms with van der Waals surface area (Å²) in [4.78, 5) is 17.3. The van der Waals surface area contributed by atoms with E-state index in [1.807, 2.05) is 19.1 Å². The first-order valence-corrected chi connectivity index (χ1v) is 7.64. The zero-order chi connectivity index (χ0) is 15.0. The second-order valence-electron chi connectivity index (χ2n) is 4.89. The molecule has 112 valence electrons. The molecule has 3 rings (SSSR count). The lowest BCUT2D eigenvalue weighted by atomic mass is 10.0. The Hall–Kier alpha value is -1.76. The number of aliphatic imine (C=N–C) groups is 1. The monoisotopic (exact) mass is 353 g/mol. The van der Waals surface area contributed by atoms with Crippen LogP contribution in [0.2, 0.25) is 0 Å². The average molecular weight is 354 g/mol. The van der Waals surface area contributed by atoms with Crippen molar-refractivity contribution in [3.63, 3.8) is 0 Å². The van der Waals surface area contributed by atoms with Crippen LogP contribution in [0.5, 0.6) is 11.5 Å². The van der Waals surface area contributed by atoms with Crippen LogP contribution in [0.1, 0.15) is 24.9 Å². The lowest BCUT2D eigenvalue weighted by Crippen LogP contribution is -2.33. The van der Waals surface area contributed by atoms with Gasteiger partial charge in [-0.3, -0.25) is 0 Å². The van der Waals surface area contributed by atoms with Gasteiger partial charge in [0.15, 0.2) is 11.5 Å². The summed E-state index contributed by atoms with van der Waals surface area (Å²) in [5.74, 6) is 1.67. The molecule has 2 aliphatic heterocycles. The van der Waals surface area contributed by atoms with Crippen molar-refractivity contribution < 1.29 is 14.3 Å². The molecule has 0 saturated carbocycles. The number of ether oxygens (including phenoxy) is 2. The van der Waals surface area contributed by atoms with Gasteiger partial charge in [-0.2, -0.15) is 4.99 Å². The molecule has 0 fully saturated rings. The van der Waals surface area contributed by atoms with Gasteiger partial charge in [0.05, 0.1) is 17.7 Å². The molecule has 1 unspecified atom stereocenters. The predicted octanol–water partition coefficient (Wildman–Crippen LogP) is 2.46. The molecular weight excluding hydrogens is 338 g/mol. The van der Waals surface area contributed by atoms with Crippen molar-refractivity contribution in [2.24, 2.45) is 10.7 Å². The molecule has 2 aliphatic rings. The Balaban J connectivity index is 2.03. The zero-order valence-corrected chi connectivity index (χ0v) is 13.2. The normalized spacial score (nSPS) is 21.2. The molecule has 7 heteroatoms. The van der Waals surface area contributed by atoms with Crippen molar-refractivity contribution >= 4 is 27.8 Å². The van der Waals surface area contributed by atoms with E-state index in [0.29, 0.717) is 37.1 Å². The zero-order valence-electron chi connectivity index (χ0n) is 11.6. The van der Waals surface area contributed by atoms with Gasteiger partial charge >= 0.3 is 6.03 Å². The number of carbonyl (C=O) groups is 1. The summed E-state index contributed by atoms with van der Waals surface area (Å²) in [7, 11) is 0. The fraction of sp³-hybridized carbons (Fsp3) is 0.429. The third kappa shape index (κ3) is 2.46. The third-order valence-corrected chi connectivity index (χ3v) is 4.13. The number of rotatable bonds is 2. The molecule has 0 saturated heterocycles. The van der Waals surface area contributed by atoms with Crippen LogP contribution >= 0.6 is 15.9 Å². The lowest BCUT2D eigenvalue weighted by molar-refractivity contribution is 0.209. The Bertz CT molecular complexity index is 618. The van der Waals surface area contributed by atoms with Crippen LogP contribution in [0, 0.1) is 0 Å². The maximum atomic E-state index is 11.8. The Morgan fingerprint density at radius 2 is 2.19 bits per heavy atom. The number of nitrogens with zero attached hydrogens (tertiary/aromatic N) is 2. The summed E-state index contributed by atoms with van der Waals surface area (Å²) in [6, 6.07) is 3.13. The molecule has 1 atom stereocenters. The number of benzene rings is 1. The van der Waals surface area contributed by atoms with Gasteiger partial charge < -0.3 is 20.1 Å². The van der Waals surface area contributed by atoms with Gasteiger partial charge in [-0.05, 0) is 40.5 Å². The summed E-state index contributed by atoms with van der Waals surface area (Å²) < 4.78 is 12.2. The molecule has 2 heterocycles. The minimum Gasteiger partial charge on any atom is -0.490 e. The molecule has 0 aliphatic carbocycles. The van der Waals surface area contributed by atoms with E-state index >= 15 is 0 Å². The first-order chi connectivity index (χ1) is 10.1. The molecule has 21 heavy (non-hydrogen) atoms. The van der Waals surface area contributed by atoms with Crippen LogP contribution in [-0.2, 0) is 0 Å². The molecule has 0 radical (unpaired) electrons. The minimum absolute atomic E-state index is 0.303. The molecule has 6 nitrogen and oxygen atoms in total.